The third-order valence-electron chi connectivity index (χ3n) is 10.4. The fourth-order valence-electron chi connectivity index (χ4n) is 7.93. The number of halogens is 15. The third-order valence-corrected chi connectivity index (χ3v) is 13.6. The van der Waals surface area contributed by atoms with Gasteiger partial charge in [0, 0.05) is 16.5 Å². The van der Waals surface area contributed by atoms with Gasteiger partial charge in [-0.15, -0.1) is 0 Å². The van der Waals surface area contributed by atoms with E-state index in [9.17, 15) is 13.2 Å². The summed E-state index contributed by atoms with van der Waals surface area (Å²) in [5, 5.41) is -0.427. The lowest BCUT2D eigenvalue weighted by atomic mass is 9.34. The normalized spacial score (nSPS) is 12.1. The Morgan fingerprint density at radius 1 is 0.355 bits per heavy atom. The second-order valence-electron chi connectivity index (χ2n) is 14.8. The molecule has 0 spiro atoms. The first-order valence-electron chi connectivity index (χ1n) is 18.3. The van der Waals surface area contributed by atoms with E-state index in [1.54, 1.807) is 65.8 Å². The van der Waals surface area contributed by atoms with Gasteiger partial charge in [-0.3, -0.25) is 0 Å². The summed E-state index contributed by atoms with van der Waals surface area (Å²) in [6, 6.07) is 11.4. The summed E-state index contributed by atoms with van der Waals surface area (Å²) < 4.78 is 237. The van der Waals surface area contributed by atoms with Crippen molar-refractivity contribution in [1.29, 1.82) is 0 Å². The predicted molar refractivity (Wildman–Crippen MR) is 209 cm³/mol. The minimum atomic E-state index is -3.78. The topological polar surface area (TPSA) is 0 Å². The second kappa shape index (κ2) is 17.0. The standard InChI is InChI=1S/C45H29BF15P/c1-16-8-10-23(11-9-16)45(62(43-19(4)12-17(2)13-20(43)5)44-21(6)14-18(3)15-22(44)7)25(24-28(47)34(53)40(59)35(54)29(24)48)46(26-30(49)36(55)41(60)37(56)31(26)50)27-32(51)38(57)42(61)39(58)33(27)52/h8-15H,1-7H3/b45-25-. The van der Waals surface area contributed by atoms with Crippen molar-refractivity contribution >= 4 is 47.0 Å². The van der Waals surface area contributed by atoms with Crippen molar-refractivity contribution in [2.24, 2.45) is 0 Å². The van der Waals surface area contributed by atoms with Gasteiger partial charge in [-0.1, -0.05) is 65.2 Å². The van der Waals surface area contributed by atoms with Crippen molar-refractivity contribution in [3.8, 4) is 0 Å². The number of benzene rings is 6. The van der Waals surface area contributed by atoms with E-state index in [4.69, 9.17) is 0 Å². The lowest BCUT2D eigenvalue weighted by Crippen LogP contribution is -2.52. The van der Waals surface area contributed by atoms with E-state index >= 15 is 52.7 Å². The highest BCUT2D eigenvalue weighted by Crippen LogP contribution is 2.56. The van der Waals surface area contributed by atoms with Gasteiger partial charge in [0.2, 0.25) is 5.82 Å². The van der Waals surface area contributed by atoms with Crippen molar-refractivity contribution < 1.29 is 65.9 Å². The summed E-state index contributed by atoms with van der Waals surface area (Å²) in [5.41, 5.74) is -6.25. The summed E-state index contributed by atoms with van der Waals surface area (Å²) in [6.07, 6.45) is 0. The van der Waals surface area contributed by atoms with E-state index < -0.39 is 129 Å². The minimum absolute atomic E-state index is 0.186. The van der Waals surface area contributed by atoms with Gasteiger partial charge >= 0.3 is 0 Å². The molecule has 6 aromatic carbocycles. The molecule has 0 heterocycles. The zero-order valence-electron chi connectivity index (χ0n) is 33.3. The summed E-state index contributed by atoms with van der Waals surface area (Å²) in [5.74, 6) is -43.3. The number of hydrogen-bond acceptors (Lipinski definition) is 0. The van der Waals surface area contributed by atoms with Crippen LogP contribution in [0.25, 0.3) is 10.8 Å². The van der Waals surface area contributed by atoms with Crippen LogP contribution in [-0.4, -0.2) is 6.71 Å². The van der Waals surface area contributed by atoms with Crippen LogP contribution in [0, 0.1) is 136 Å². The maximum absolute atomic E-state index is 16.8. The van der Waals surface area contributed by atoms with Crippen LogP contribution in [0.1, 0.15) is 50.1 Å². The van der Waals surface area contributed by atoms with Crippen molar-refractivity contribution in [1.82, 2.24) is 0 Å². The molecule has 0 unspecified atom stereocenters. The Morgan fingerprint density at radius 2 is 0.629 bits per heavy atom. The molecule has 6 aromatic rings. The van der Waals surface area contributed by atoms with E-state index in [1.165, 1.54) is 19.1 Å². The largest absolute Gasteiger partial charge is 0.259 e. The zero-order valence-corrected chi connectivity index (χ0v) is 34.2. The second-order valence-corrected chi connectivity index (χ2v) is 16.8. The Labute approximate surface area is 346 Å². The van der Waals surface area contributed by atoms with E-state index in [0.717, 1.165) is 12.1 Å². The molecule has 322 valence electrons. The van der Waals surface area contributed by atoms with Crippen molar-refractivity contribution in [3.63, 3.8) is 0 Å². The van der Waals surface area contributed by atoms with Gasteiger partial charge in [-0.2, -0.15) is 0 Å². The van der Waals surface area contributed by atoms with E-state index in [1.807, 2.05) is 0 Å². The fourth-order valence-corrected chi connectivity index (χ4v) is 11.2. The molecule has 17 heteroatoms. The summed E-state index contributed by atoms with van der Waals surface area (Å²) in [7, 11) is -2.82. The van der Waals surface area contributed by atoms with Crippen LogP contribution in [-0.2, 0) is 0 Å². The molecule has 6 rings (SSSR count). The molecule has 0 bridgehead atoms. The Kier molecular flexibility index (Phi) is 12.6. The van der Waals surface area contributed by atoms with Crippen LogP contribution in [0.15, 0.2) is 48.5 Å². The van der Waals surface area contributed by atoms with Crippen LogP contribution in [0.2, 0.25) is 0 Å². The van der Waals surface area contributed by atoms with Crippen molar-refractivity contribution in [3.05, 3.63) is 186 Å². The van der Waals surface area contributed by atoms with Crippen molar-refractivity contribution in [2.45, 2.75) is 48.5 Å². The molecule has 0 saturated carbocycles. The lowest BCUT2D eigenvalue weighted by molar-refractivity contribution is 0.376. The van der Waals surface area contributed by atoms with E-state index in [0.29, 0.717) is 38.9 Å². The average molecular weight is 896 g/mol. The maximum atomic E-state index is 16.8. The minimum Gasteiger partial charge on any atom is -0.204 e. The van der Waals surface area contributed by atoms with Gasteiger partial charge in [0.15, 0.2) is 81.4 Å². The summed E-state index contributed by atoms with van der Waals surface area (Å²) in [6.45, 7) is 7.27. The first-order chi connectivity index (χ1) is 28.9. The number of hydrogen-bond donors (Lipinski definition) is 0. The van der Waals surface area contributed by atoms with Crippen molar-refractivity contribution in [2.75, 3.05) is 0 Å². The highest BCUT2D eigenvalue weighted by molar-refractivity contribution is 7.83. The summed E-state index contributed by atoms with van der Waals surface area (Å²) >= 11 is 0. The van der Waals surface area contributed by atoms with Crippen LogP contribution in [0.4, 0.5) is 65.9 Å². The molecule has 0 aliphatic carbocycles. The molecule has 0 aliphatic rings. The van der Waals surface area contributed by atoms with E-state index in [2.05, 4.69) is 0 Å². The molecule has 0 saturated heterocycles. The molecule has 0 aromatic heterocycles. The molecule has 62 heavy (non-hydrogen) atoms. The molecule has 0 N–H and O–H groups in total. The molecule has 0 radical (unpaired) electrons. The zero-order chi connectivity index (χ0) is 46.1. The number of aryl methyl sites for hydroxylation is 7. The molecular weight excluding hydrogens is 867 g/mol. The van der Waals surface area contributed by atoms with Gasteiger partial charge in [-0.25, -0.2) is 65.9 Å². The summed E-state index contributed by atoms with van der Waals surface area (Å²) in [4.78, 5) is 0. The van der Waals surface area contributed by atoms with Crippen LogP contribution < -0.4 is 21.5 Å². The average Bonchev–Trinajstić information content (AvgIpc) is 3.20. The third kappa shape index (κ3) is 7.47. The molecule has 0 aliphatic heterocycles. The van der Waals surface area contributed by atoms with Gasteiger partial charge in [0.25, 0.3) is 6.71 Å². The SMILES string of the molecule is Cc1ccc(/C(=C(/B(c2c(F)c(F)c(F)c(F)c2F)c2c(F)c(F)c(F)c(F)c2F)c2c(F)c(F)c(F)c(F)c2F)P(c2c(C)cc(C)cc2C)c2c(C)cc(C)cc2C)cc1. The first kappa shape index (κ1) is 46.0. The molecular formula is C45H29BF15P. The first-order valence-corrected chi connectivity index (χ1v) is 19.6. The molecule has 0 atom stereocenters. The fraction of sp³-hybridized carbons (Fsp3) is 0.156. The monoisotopic (exact) mass is 896 g/mol. The van der Waals surface area contributed by atoms with Gasteiger partial charge in [0.1, 0.15) is 0 Å². The van der Waals surface area contributed by atoms with Gasteiger partial charge in [-0.05, 0) is 106 Å². The van der Waals surface area contributed by atoms with Crippen LogP contribution >= 0.6 is 7.92 Å². The van der Waals surface area contributed by atoms with E-state index in [-0.39, 0.29) is 16.2 Å². The highest BCUT2D eigenvalue weighted by Gasteiger charge is 2.47. The molecule has 0 nitrogen and oxygen atoms in total. The Hall–Kier alpha value is -5.50. The van der Waals surface area contributed by atoms with Gasteiger partial charge < -0.3 is 0 Å². The van der Waals surface area contributed by atoms with Gasteiger partial charge in [0.05, 0.1) is 0 Å². The Morgan fingerprint density at radius 3 is 0.935 bits per heavy atom. The quantitative estimate of drug-likeness (QED) is 0.0357. The predicted octanol–water partition coefficient (Wildman–Crippen LogP) is 11.8. The lowest BCUT2D eigenvalue weighted by Gasteiger charge is -2.34. The Bertz CT molecular complexity index is 2630. The van der Waals surface area contributed by atoms with Crippen LogP contribution in [0.5, 0.6) is 0 Å². The maximum Gasteiger partial charge on any atom is 0.259 e. The molecule has 0 fully saturated rings. The molecule has 0 amide bonds. The highest BCUT2D eigenvalue weighted by atomic mass is 31.1. The Balaban J connectivity index is 2.13. The smallest absolute Gasteiger partial charge is 0.204 e. The number of rotatable bonds is 8. The van der Waals surface area contributed by atoms with Crippen LogP contribution in [0.3, 0.4) is 0 Å².